The molecule has 0 spiro atoms. The number of hydrogen-bond acceptors (Lipinski definition) is 2. The highest BCUT2D eigenvalue weighted by Crippen LogP contribution is 2.20. The second-order valence-corrected chi connectivity index (χ2v) is 6.52. The minimum Gasteiger partial charge on any atom is -0.280 e. The van der Waals surface area contributed by atoms with Gasteiger partial charge in [-0.3, -0.25) is 4.72 Å². The molecule has 0 saturated heterocycles. The largest absolute Gasteiger partial charge is 0.280 e. The summed E-state index contributed by atoms with van der Waals surface area (Å²) in [4.78, 5) is -0.0922. The molecule has 2 aromatic rings. The Bertz CT molecular complexity index is 694. The molecule has 0 aliphatic heterocycles. The smallest absolute Gasteiger partial charge is 0.261 e. The second kappa shape index (κ2) is 5.63. The van der Waals surface area contributed by atoms with E-state index >= 15 is 0 Å². The zero-order valence-corrected chi connectivity index (χ0v) is 12.1. The number of halogens is 1. The van der Waals surface area contributed by atoms with Gasteiger partial charge in [-0.2, -0.15) is 0 Å². The van der Waals surface area contributed by atoms with Crippen LogP contribution in [0.25, 0.3) is 0 Å². The number of anilines is 1. The van der Waals surface area contributed by atoms with Gasteiger partial charge in [-0.1, -0.05) is 32.0 Å². The van der Waals surface area contributed by atoms with Crippen LogP contribution in [0.4, 0.5) is 10.1 Å². The topological polar surface area (TPSA) is 46.2 Å². The Hall–Kier alpha value is -1.88. The summed E-state index contributed by atoms with van der Waals surface area (Å²) in [6, 6.07) is 12.1. The van der Waals surface area contributed by atoms with Gasteiger partial charge in [0.1, 0.15) is 5.82 Å². The van der Waals surface area contributed by atoms with Crippen LogP contribution in [0, 0.1) is 5.82 Å². The molecule has 0 heterocycles. The molecule has 0 radical (unpaired) electrons. The number of hydrogen-bond donors (Lipinski definition) is 1. The van der Waals surface area contributed by atoms with Crippen molar-refractivity contribution >= 4 is 15.7 Å². The first-order chi connectivity index (χ1) is 9.38. The number of benzene rings is 2. The quantitative estimate of drug-likeness (QED) is 0.933. The van der Waals surface area contributed by atoms with Crippen LogP contribution in [0.3, 0.4) is 0 Å². The molecule has 5 heteroatoms. The van der Waals surface area contributed by atoms with Crippen LogP contribution in [-0.4, -0.2) is 8.42 Å². The molecule has 20 heavy (non-hydrogen) atoms. The lowest BCUT2D eigenvalue weighted by molar-refractivity contribution is 0.595. The van der Waals surface area contributed by atoms with E-state index < -0.39 is 15.8 Å². The predicted octanol–water partition coefficient (Wildman–Crippen LogP) is 3.75. The fraction of sp³-hybridized carbons (Fsp3) is 0.200. The lowest BCUT2D eigenvalue weighted by atomic mass is 10.0. The summed E-state index contributed by atoms with van der Waals surface area (Å²) in [7, 11) is -3.76. The van der Waals surface area contributed by atoms with Crippen molar-refractivity contribution in [2.75, 3.05) is 4.72 Å². The van der Waals surface area contributed by atoms with E-state index in [4.69, 9.17) is 0 Å². The molecule has 0 saturated carbocycles. The second-order valence-electron chi connectivity index (χ2n) is 4.84. The van der Waals surface area contributed by atoms with E-state index in [0.29, 0.717) is 11.6 Å². The minimum absolute atomic E-state index is 0.0922. The zero-order valence-electron chi connectivity index (χ0n) is 11.3. The van der Waals surface area contributed by atoms with Gasteiger partial charge in [-0.15, -0.1) is 0 Å². The van der Waals surface area contributed by atoms with Gasteiger partial charge >= 0.3 is 0 Å². The Balaban J connectivity index is 2.24. The first-order valence-corrected chi connectivity index (χ1v) is 7.75. The zero-order chi connectivity index (χ0) is 14.8. The summed E-state index contributed by atoms with van der Waals surface area (Å²) in [6.07, 6.45) is 0. The fourth-order valence-corrected chi connectivity index (χ4v) is 2.87. The van der Waals surface area contributed by atoms with E-state index in [1.807, 2.05) is 12.1 Å². The van der Waals surface area contributed by atoms with Crippen LogP contribution >= 0.6 is 0 Å². The molecule has 106 valence electrons. The van der Waals surface area contributed by atoms with Gasteiger partial charge < -0.3 is 0 Å². The molecule has 0 unspecified atom stereocenters. The summed E-state index contributed by atoms with van der Waals surface area (Å²) in [5, 5.41) is 0. The Morgan fingerprint density at radius 3 is 2.25 bits per heavy atom. The van der Waals surface area contributed by atoms with Gasteiger partial charge in [-0.05, 0) is 41.8 Å². The summed E-state index contributed by atoms with van der Waals surface area (Å²) in [6.45, 7) is 4.12. The molecule has 0 aliphatic carbocycles. The van der Waals surface area contributed by atoms with E-state index in [-0.39, 0.29) is 4.90 Å². The van der Waals surface area contributed by atoms with Crippen molar-refractivity contribution in [1.82, 2.24) is 0 Å². The van der Waals surface area contributed by atoms with Gasteiger partial charge in [0, 0.05) is 5.69 Å². The van der Waals surface area contributed by atoms with E-state index in [0.717, 1.165) is 11.6 Å². The molecule has 0 atom stereocenters. The third kappa shape index (κ3) is 3.36. The highest BCUT2D eigenvalue weighted by atomic mass is 32.2. The lowest BCUT2D eigenvalue weighted by Crippen LogP contribution is -2.13. The minimum atomic E-state index is -3.76. The van der Waals surface area contributed by atoms with Crippen LogP contribution in [0.15, 0.2) is 53.4 Å². The molecular weight excluding hydrogens is 277 g/mol. The van der Waals surface area contributed by atoms with Gasteiger partial charge in [-0.25, -0.2) is 12.8 Å². The maximum atomic E-state index is 13.1. The Kier molecular flexibility index (Phi) is 4.09. The van der Waals surface area contributed by atoms with E-state index in [1.165, 1.54) is 18.2 Å². The lowest BCUT2D eigenvalue weighted by Gasteiger charge is -2.10. The Labute approximate surface area is 118 Å². The fourth-order valence-electron chi connectivity index (χ4n) is 1.78. The molecule has 2 rings (SSSR count). The molecule has 1 N–H and O–H groups in total. The molecule has 0 bridgehead atoms. The van der Waals surface area contributed by atoms with Crippen molar-refractivity contribution in [1.29, 1.82) is 0 Å². The summed E-state index contributed by atoms with van der Waals surface area (Å²) in [5.74, 6) is -0.202. The van der Waals surface area contributed by atoms with E-state index in [9.17, 15) is 12.8 Å². The first kappa shape index (κ1) is 14.5. The van der Waals surface area contributed by atoms with Crippen molar-refractivity contribution < 1.29 is 12.8 Å². The van der Waals surface area contributed by atoms with Crippen LogP contribution in [0.5, 0.6) is 0 Å². The summed E-state index contributed by atoms with van der Waals surface area (Å²) in [5.41, 5.74) is 1.58. The van der Waals surface area contributed by atoms with Crippen molar-refractivity contribution in [2.45, 2.75) is 24.7 Å². The molecule has 2 aromatic carbocycles. The Morgan fingerprint density at radius 2 is 1.70 bits per heavy atom. The highest BCUT2D eigenvalue weighted by molar-refractivity contribution is 7.92. The van der Waals surface area contributed by atoms with Crippen LogP contribution in [0.2, 0.25) is 0 Å². The summed E-state index contributed by atoms with van der Waals surface area (Å²) < 4.78 is 39.7. The van der Waals surface area contributed by atoms with E-state index in [1.54, 1.807) is 12.1 Å². The van der Waals surface area contributed by atoms with Crippen LogP contribution in [0.1, 0.15) is 25.3 Å². The standard InChI is InChI=1S/C15H16FNO2S/c1-11(2)12-6-8-14(9-7-12)17-20(18,19)15-5-3-4-13(16)10-15/h3-11,17H,1-2H3. The SMILES string of the molecule is CC(C)c1ccc(NS(=O)(=O)c2cccc(F)c2)cc1. The first-order valence-electron chi connectivity index (χ1n) is 6.27. The predicted molar refractivity (Wildman–Crippen MR) is 77.7 cm³/mol. The van der Waals surface area contributed by atoms with Gasteiger partial charge in [0.05, 0.1) is 4.90 Å². The van der Waals surface area contributed by atoms with Crippen molar-refractivity contribution in [3.63, 3.8) is 0 Å². The Morgan fingerprint density at radius 1 is 1.05 bits per heavy atom. The normalized spacial score (nSPS) is 11.6. The molecule has 0 aromatic heterocycles. The molecule has 0 amide bonds. The number of sulfonamides is 1. The van der Waals surface area contributed by atoms with E-state index in [2.05, 4.69) is 18.6 Å². The van der Waals surface area contributed by atoms with Crippen LogP contribution in [-0.2, 0) is 10.0 Å². The molecule has 0 aliphatic rings. The molecule has 3 nitrogen and oxygen atoms in total. The van der Waals surface area contributed by atoms with Crippen molar-refractivity contribution in [2.24, 2.45) is 0 Å². The van der Waals surface area contributed by atoms with Crippen molar-refractivity contribution in [3.8, 4) is 0 Å². The van der Waals surface area contributed by atoms with Gasteiger partial charge in [0.15, 0.2) is 0 Å². The maximum Gasteiger partial charge on any atom is 0.261 e. The maximum absolute atomic E-state index is 13.1. The average molecular weight is 293 g/mol. The van der Waals surface area contributed by atoms with Crippen LogP contribution < -0.4 is 4.72 Å². The molecular formula is C15H16FNO2S. The monoisotopic (exact) mass is 293 g/mol. The molecule has 0 fully saturated rings. The third-order valence-electron chi connectivity index (χ3n) is 2.94. The summed E-state index contributed by atoms with van der Waals surface area (Å²) >= 11 is 0. The number of rotatable bonds is 4. The third-order valence-corrected chi connectivity index (χ3v) is 4.31. The van der Waals surface area contributed by atoms with Gasteiger partial charge in [0.25, 0.3) is 10.0 Å². The van der Waals surface area contributed by atoms with Gasteiger partial charge in [0.2, 0.25) is 0 Å². The number of nitrogens with one attached hydrogen (secondary N) is 1. The van der Waals surface area contributed by atoms with Crippen molar-refractivity contribution in [3.05, 3.63) is 59.9 Å². The average Bonchev–Trinajstić information content (AvgIpc) is 2.39. The highest BCUT2D eigenvalue weighted by Gasteiger charge is 2.14.